The van der Waals surface area contributed by atoms with Crippen LogP contribution < -0.4 is 9.47 Å². The fourth-order valence-corrected chi connectivity index (χ4v) is 3.81. The summed E-state index contributed by atoms with van der Waals surface area (Å²) >= 11 is 0. The fraction of sp³-hybridized carbons (Fsp3) is 0.136. The molecule has 1 unspecified atom stereocenters. The highest BCUT2D eigenvalue weighted by Crippen LogP contribution is 2.55. The van der Waals surface area contributed by atoms with Gasteiger partial charge in [-0.1, -0.05) is 42.5 Å². The molecule has 0 N–H and O–H groups in total. The van der Waals surface area contributed by atoms with E-state index in [9.17, 15) is 4.79 Å². The minimum atomic E-state index is -0.951. The number of carbonyl (C=O) groups excluding carboxylic acids is 1. The smallest absolute Gasteiger partial charge is 0.308 e. The van der Waals surface area contributed by atoms with Gasteiger partial charge in [0.2, 0.25) is 0 Å². The van der Waals surface area contributed by atoms with Crippen LogP contribution in [0.2, 0.25) is 0 Å². The van der Waals surface area contributed by atoms with Crippen molar-refractivity contribution in [2.45, 2.75) is 19.1 Å². The Labute approximate surface area is 156 Å². The summed E-state index contributed by atoms with van der Waals surface area (Å²) in [5.41, 5.74) is 2.77. The Morgan fingerprint density at radius 3 is 2.52 bits per heavy atom. The third kappa shape index (κ3) is 2.36. The van der Waals surface area contributed by atoms with Crippen LogP contribution >= 0.6 is 0 Å². The van der Waals surface area contributed by atoms with Crippen LogP contribution in [0.5, 0.6) is 17.2 Å². The number of rotatable bonds is 1. The summed E-state index contributed by atoms with van der Waals surface area (Å²) in [6.07, 6.45) is 0. The van der Waals surface area contributed by atoms with Crippen molar-refractivity contribution in [1.82, 2.24) is 0 Å². The maximum atomic E-state index is 11.3. The van der Waals surface area contributed by atoms with Gasteiger partial charge in [-0.2, -0.15) is 0 Å². The van der Waals surface area contributed by atoms with Gasteiger partial charge in [-0.25, -0.2) is 9.78 Å². The molecular weight excluding hydrogens is 344 g/mol. The Morgan fingerprint density at radius 2 is 1.67 bits per heavy atom. The molecule has 3 aromatic carbocycles. The number of fused-ring (bicyclic) bond motifs is 6. The van der Waals surface area contributed by atoms with E-state index in [-0.39, 0.29) is 5.97 Å². The van der Waals surface area contributed by atoms with E-state index >= 15 is 0 Å². The van der Waals surface area contributed by atoms with Gasteiger partial charge < -0.3 is 9.47 Å². The largest absolute Gasteiger partial charge is 0.456 e. The number of carbonyl (C=O) groups is 1. The number of ether oxygens (including phenoxy) is 2. The quantitative estimate of drug-likeness (QED) is 0.364. The maximum Gasteiger partial charge on any atom is 0.308 e. The Balaban J connectivity index is 1.79. The monoisotopic (exact) mass is 360 g/mol. The highest BCUT2D eigenvalue weighted by molar-refractivity contribution is 5.70. The number of hydrogen-bond donors (Lipinski definition) is 0. The number of esters is 1. The van der Waals surface area contributed by atoms with E-state index in [0.717, 1.165) is 22.3 Å². The molecule has 5 rings (SSSR count). The number of para-hydroxylation sites is 1. The molecule has 0 amide bonds. The summed E-state index contributed by atoms with van der Waals surface area (Å²) in [6.45, 7) is 1.74. The average Bonchev–Trinajstić information content (AvgIpc) is 2.68. The van der Waals surface area contributed by atoms with Crippen molar-refractivity contribution >= 4 is 5.97 Å². The topological polar surface area (TPSA) is 54.0 Å². The summed E-state index contributed by atoms with van der Waals surface area (Å²) in [4.78, 5) is 22.9. The lowest BCUT2D eigenvalue weighted by molar-refractivity contribution is -0.363. The van der Waals surface area contributed by atoms with Crippen LogP contribution in [0.1, 0.15) is 29.2 Å². The van der Waals surface area contributed by atoms with Crippen molar-refractivity contribution in [3.05, 3.63) is 89.0 Å². The maximum absolute atomic E-state index is 11.3. The molecule has 2 aliphatic rings. The Bertz CT molecular complexity index is 1060. The van der Waals surface area contributed by atoms with Crippen molar-refractivity contribution in [3.8, 4) is 17.2 Å². The van der Waals surface area contributed by atoms with Crippen LogP contribution in [0, 0.1) is 0 Å². The second kappa shape index (κ2) is 5.94. The molecular formula is C22H16O5. The molecule has 0 fully saturated rings. The van der Waals surface area contributed by atoms with Gasteiger partial charge in [0.15, 0.2) is 5.60 Å². The first-order valence-electron chi connectivity index (χ1n) is 8.68. The van der Waals surface area contributed by atoms with Gasteiger partial charge in [-0.05, 0) is 23.8 Å². The van der Waals surface area contributed by atoms with E-state index in [1.54, 1.807) is 12.1 Å². The normalized spacial score (nSPS) is 19.4. The van der Waals surface area contributed by atoms with Crippen LogP contribution in [0.3, 0.4) is 0 Å². The van der Waals surface area contributed by atoms with Crippen LogP contribution in [0.15, 0.2) is 66.7 Å². The van der Waals surface area contributed by atoms with Crippen LogP contribution in [-0.2, 0) is 26.8 Å². The first kappa shape index (κ1) is 16.1. The zero-order valence-electron chi connectivity index (χ0n) is 14.6. The first-order valence-corrected chi connectivity index (χ1v) is 8.68. The van der Waals surface area contributed by atoms with E-state index in [0.29, 0.717) is 23.9 Å². The van der Waals surface area contributed by atoms with Gasteiger partial charge >= 0.3 is 5.97 Å². The van der Waals surface area contributed by atoms with Crippen molar-refractivity contribution < 1.29 is 24.0 Å². The molecule has 0 aromatic heterocycles. The molecule has 0 radical (unpaired) electrons. The SMILES string of the molecule is CC(=O)Oc1ccc2c(c1)Oc1ccccc1C21OOCc2ccccc21. The molecule has 0 bridgehead atoms. The summed E-state index contributed by atoms with van der Waals surface area (Å²) < 4.78 is 11.3. The third-order valence-corrected chi connectivity index (χ3v) is 4.88. The van der Waals surface area contributed by atoms with Crippen molar-refractivity contribution in [1.29, 1.82) is 0 Å². The molecule has 0 saturated carbocycles. The second-order valence-electron chi connectivity index (χ2n) is 6.53. The van der Waals surface area contributed by atoms with Crippen molar-refractivity contribution in [2.24, 2.45) is 0 Å². The molecule has 5 heteroatoms. The summed E-state index contributed by atoms with van der Waals surface area (Å²) in [5.74, 6) is 1.27. The summed E-state index contributed by atoms with van der Waals surface area (Å²) in [5, 5.41) is 0. The molecule has 27 heavy (non-hydrogen) atoms. The van der Waals surface area contributed by atoms with Crippen LogP contribution in [0.4, 0.5) is 0 Å². The second-order valence-corrected chi connectivity index (χ2v) is 6.53. The van der Waals surface area contributed by atoms with E-state index in [1.165, 1.54) is 6.92 Å². The first-order chi connectivity index (χ1) is 13.2. The molecule has 134 valence electrons. The lowest BCUT2D eigenvalue weighted by Crippen LogP contribution is -2.39. The van der Waals surface area contributed by atoms with Crippen molar-refractivity contribution in [3.63, 3.8) is 0 Å². The van der Waals surface area contributed by atoms with E-state index < -0.39 is 5.60 Å². The summed E-state index contributed by atoms with van der Waals surface area (Å²) in [7, 11) is 0. The standard InChI is InChI=1S/C22H16O5/c1-14(23)25-16-10-11-19-21(12-16)26-20-9-5-4-8-18(20)22(19)17-7-3-2-6-15(17)13-24-27-22/h2-12H,13H2,1H3. The highest BCUT2D eigenvalue weighted by atomic mass is 17.2. The Morgan fingerprint density at radius 1 is 0.926 bits per heavy atom. The molecule has 0 saturated heterocycles. The lowest BCUT2D eigenvalue weighted by Gasteiger charge is -2.42. The number of benzene rings is 3. The molecule has 1 spiro atoms. The zero-order valence-corrected chi connectivity index (χ0v) is 14.6. The molecule has 2 heterocycles. The van der Waals surface area contributed by atoms with Crippen LogP contribution in [-0.4, -0.2) is 5.97 Å². The molecule has 5 nitrogen and oxygen atoms in total. The fourth-order valence-electron chi connectivity index (χ4n) is 3.81. The third-order valence-electron chi connectivity index (χ3n) is 4.88. The zero-order chi connectivity index (χ0) is 18.4. The van der Waals surface area contributed by atoms with E-state index in [4.69, 9.17) is 19.2 Å². The van der Waals surface area contributed by atoms with Crippen molar-refractivity contribution in [2.75, 3.05) is 0 Å². The van der Waals surface area contributed by atoms with Crippen LogP contribution in [0.25, 0.3) is 0 Å². The van der Waals surface area contributed by atoms with Gasteiger partial charge in [-0.3, -0.25) is 4.79 Å². The molecule has 1 atom stereocenters. The molecule has 3 aromatic rings. The Hall–Kier alpha value is -3.15. The minimum Gasteiger partial charge on any atom is -0.456 e. The number of hydrogen-bond acceptors (Lipinski definition) is 5. The van der Waals surface area contributed by atoms with Gasteiger partial charge in [0.05, 0.1) is 0 Å². The van der Waals surface area contributed by atoms with Gasteiger partial charge in [0.25, 0.3) is 0 Å². The highest BCUT2D eigenvalue weighted by Gasteiger charge is 2.49. The van der Waals surface area contributed by atoms with Gasteiger partial charge in [-0.15, -0.1) is 0 Å². The van der Waals surface area contributed by atoms with E-state index in [1.807, 2.05) is 54.6 Å². The predicted molar refractivity (Wildman–Crippen MR) is 96.5 cm³/mol. The van der Waals surface area contributed by atoms with E-state index in [2.05, 4.69) is 0 Å². The molecule has 0 aliphatic carbocycles. The minimum absolute atomic E-state index is 0.377. The Kier molecular flexibility index (Phi) is 3.53. The lowest BCUT2D eigenvalue weighted by atomic mass is 9.76. The van der Waals surface area contributed by atoms with Gasteiger partial charge in [0.1, 0.15) is 23.9 Å². The average molecular weight is 360 g/mol. The summed E-state index contributed by atoms with van der Waals surface area (Å²) in [6, 6.07) is 21.1. The van der Waals surface area contributed by atoms with Gasteiger partial charge in [0, 0.05) is 29.7 Å². The predicted octanol–water partition coefficient (Wildman–Crippen LogP) is 4.47. The molecule has 2 aliphatic heterocycles.